The van der Waals surface area contributed by atoms with Crippen molar-refractivity contribution < 1.29 is 24.2 Å². The highest BCUT2D eigenvalue weighted by molar-refractivity contribution is 6.46. The number of hydrogen-bond acceptors (Lipinski definition) is 6. The first-order chi connectivity index (χ1) is 13.6. The fourth-order valence-corrected chi connectivity index (χ4v) is 3.30. The van der Waals surface area contributed by atoms with Gasteiger partial charge in [-0.2, -0.15) is 0 Å². The largest absolute Gasteiger partial charge is 0.507 e. The number of nitrogens with zero attached hydrogens (tertiary/aromatic N) is 2. The van der Waals surface area contributed by atoms with Crippen molar-refractivity contribution in [2.75, 3.05) is 27.4 Å². The van der Waals surface area contributed by atoms with Crippen molar-refractivity contribution in [1.82, 2.24) is 9.88 Å². The normalized spacial score (nSPS) is 18.5. The topological polar surface area (TPSA) is 89.0 Å². The van der Waals surface area contributed by atoms with E-state index in [1.54, 1.807) is 55.9 Å². The summed E-state index contributed by atoms with van der Waals surface area (Å²) in [7, 11) is 3.10. The molecule has 0 spiro atoms. The van der Waals surface area contributed by atoms with Crippen LogP contribution in [0.5, 0.6) is 5.75 Å². The van der Waals surface area contributed by atoms with Crippen LogP contribution >= 0.6 is 0 Å². The summed E-state index contributed by atoms with van der Waals surface area (Å²) in [5.74, 6) is -1.06. The third-order valence-electron chi connectivity index (χ3n) is 4.63. The van der Waals surface area contributed by atoms with Crippen LogP contribution in [0.3, 0.4) is 0 Å². The Morgan fingerprint density at radius 3 is 2.71 bits per heavy atom. The molecular formula is C21H22N2O5. The lowest BCUT2D eigenvalue weighted by atomic mass is 9.96. The van der Waals surface area contributed by atoms with Crippen LogP contribution in [0.4, 0.5) is 0 Å². The van der Waals surface area contributed by atoms with Crippen LogP contribution in [0.1, 0.15) is 23.6 Å². The molecule has 1 aliphatic heterocycles. The number of rotatable bonds is 7. The van der Waals surface area contributed by atoms with Gasteiger partial charge < -0.3 is 19.5 Å². The quantitative estimate of drug-likeness (QED) is 0.343. The summed E-state index contributed by atoms with van der Waals surface area (Å²) >= 11 is 0. The van der Waals surface area contributed by atoms with Gasteiger partial charge in [0.15, 0.2) is 0 Å². The second-order valence-electron chi connectivity index (χ2n) is 6.36. The standard InChI is InChI=1S/C21H22N2O5/c1-27-11-5-10-23-18(15-7-4-9-22-13-15)17(20(25)21(23)26)19(24)14-6-3-8-16(12-14)28-2/h3-4,6-9,12-13,18,24H,5,10-11H2,1-2H3/t18-/m1/s1. The molecule has 1 N–H and O–H groups in total. The highest BCUT2D eigenvalue weighted by atomic mass is 16.5. The van der Waals surface area contributed by atoms with Crippen molar-refractivity contribution in [3.8, 4) is 5.75 Å². The van der Waals surface area contributed by atoms with Gasteiger partial charge in [-0.25, -0.2) is 0 Å². The van der Waals surface area contributed by atoms with Gasteiger partial charge in [0.25, 0.3) is 11.7 Å². The molecule has 146 valence electrons. The highest BCUT2D eigenvalue weighted by Gasteiger charge is 2.45. The molecule has 1 atom stereocenters. The number of carbonyl (C=O) groups is 2. The summed E-state index contributed by atoms with van der Waals surface area (Å²) in [6.07, 6.45) is 3.78. The van der Waals surface area contributed by atoms with Crippen LogP contribution < -0.4 is 4.74 Å². The molecule has 1 aliphatic rings. The van der Waals surface area contributed by atoms with E-state index < -0.39 is 17.7 Å². The average molecular weight is 382 g/mol. The average Bonchev–Trinajstić information content (AvgIpc) is 2.99. The van der Waals surface area contributed by atoms with Crippen molar-refractivity contribution >= 4 is 17.4 Å². The van der Waals surface area contributed by atoms with Crippen LogP contribution in [0.2, 0.25) is 0 Å². The molecule has 1 fully saturated rings. The van der Waals surface area contributed by atoms with Gasteiger partial charge in [-0.1, -0.05) is 18.2 Å². The number of ketones is 1. The predicted octanol–water partition coefficient (Wildman–Crippen LogP) is 2.55. The molecule has 1 saturated heterocycles. The maximum Gasteiger partial charge on any atom is 0.295 e. The molecule has 7 nitrogen and oxygen atoms in total. The summed E-state index contributed by atoms with van der Waals surface area (Å²) in [6, 6.07) is 9.53. The zero-order valence-corrected chi connectivity index (χ0v) is 15.8. The minimum absolute atomic E-state index is 0.0451. The molecule has 0 radical (unpaired) electrons. The lowest BCUT2D eigenvalue weighted by Gasteiger charge is -2.25. The van der Waals surface area contributed by atoms with Crippen molar-refractivity contribution in [2.24, 2.45) is 0 Å². The summed E-state index contributed by atoms with van der Waals surface area (Å²) in [5, 5.41) is 10.9. The number of pyridine rings is 1. The molecular weight excluding hydrogens is 360 g/mol. The fraction of sp³-hybridized carbons (Fsp3) is 0.286. The molecule has 0 unspecified atom stereocenters. The lowest BCUT2D eigenvalue weighted by Crippen LogP contribution is -2.31. The zero-order valence-electron chi connectivity index (χ0n) is 15.8. The number of methoxy groups -OCH3 is 2. The maximum absolute atomic E-state index is 12.8. The first-order valence-corrected chi connectivity index (χ1v) is 8.90. The Hall–Kier alpha value is -3.19. The van der Waals surface area contributed by atoms with Crippen LogP contribution in [0.15, 0.2) is 54.4 Å². The number of aromatic nitrogens is 1. The van der Waals surface area contributed by atoms with E-state index >= 15 is 0 Å². The van der Waals surface area contributed by atoms with Crippen molar-refractivity contribution in [3.05, 3.63) is 65.5 Å². The Balaban J connectivity index is 2.10. The number of ether oxygens (including phenoxy) is 2. The van der Waals surface area contributed by atoms with Gasteiger partial charge >= 0.3 is 0 Å². The Morgan fingerprint density at radius 1 is 1.21 bits per heavy atom. The lowest BCUT2D eigenvalue weighted by molar-refractivity contribution is -0.140. The minimum atomic E-state index is -0.716. The van der Waals surface area contributed by atoms with E-state index in [2.05, 4.69) is 4.98 Å². The number of aliphatic hydroxyl groups excluding tert-OH is 1. The van der Waals surface area contributed by atoms with E-state index in [-0.39, 0.29) is 11.3 Å². The molecule has 28 heavy (non-hydrogen) atoms. The monoisotopic (exact) mass is 382 g/mol. The molecule has 2 aromatic rings. The van der Waals surface area contributed by atoms with Gasteiger partial charge in [0.05, 0.1) is 18.7 Å². The van der Waals surface area contributed by atoms with Gasteiger partial charge in [-0.05, 0) is 30.2 Å². The summed E-state index contributed by atoms with van der Waals surface area (Å²) in [6.45, 7) is 0.783. The SMILES string of the molecule is COCCCN1C(=O)C(=O)C(=C(O)c2cccc(OC)c2)[C@H]1c1cccnc1. The molecule has 1 aromatic carbocycles. The van der Waals surface area contributed by atoms with Gasteiger partial charge in [-0.3, -0.25) is 14.6 Å². The molecule has 1 amide bonds. The van der Waals surface area contributed by atoms with E-state index in [9.17, 15) is 14.7 Å². The predicted molar refractivity (Wildman–Crippen MR) is 103 cm³/mol. The molecule has 3 rings (SSSR count). The zero-order chi connectivity index (χ0) is 20.1. The molecule has 0 bridgehead atoms. The van der Waals surface area contributed by atoms with Crippen molar-refractivity contribution in [2.45, 2.75) is 12.5 Å². The van der Waals surface area contributed by atoms with Crippen LogP contribution in [-0.2, 0) is 14.3 Å². The Labute approximate surface area is 163 Å². The molecule has 0 saturated carbocycles. The second kappa shape index (κ2) is 8.67. The third-order valence-corrected chi connectivity index (χ3v) is 4.63. The Bertz CT molecular complexity index is 895. The first kappa shape index (κ1) is 19.6. The van der Waals surface area contributed by atoms with Crippen molar-refractivity contribution in [1.29, 1.82) is 0 Å². The fourth-order valence-electron chi connectivity index (χ4n) is 3.30. The molecule has 7 heteroatoms. The summed E-state index contributed by atoms with van der Waals surface area (Å²) < 4.78 is 10.3. The van der Waals surface area contributed by atoms with Crippen LogP contribution in [-0.4, -0.2) is 54.1 Å². The number of likely N-dealkylation sites (tertiary alicyclic amines) is 1. The van der Waals surface area contributed by atoms with Gasteiger partial charge in [0.1, 0.15) is 11.5 Å². The number of aliphatic hydroxyl groups is 1. The third kappa shape index (κ3) is 3.75. The number of benzene rings is 1. The van der Waals surface area contributed by atoms with E-state index in [1.807, 2.05) is 0 Å². The van der Waals surface area contributed by atoms with Gasteiger partial charge in [0.2, 0.25) is 0 Å². The number of hydrogen-bond donors (Lipinski definition) is 1. The molecule has 0 aliphatic carbocycles. The molecule has 2 heterocycles. The van der Waals surface area contributed by atoms with Gasteiger partial charge in [0, 0.05) is 38.2 Å². The first-order valence-electron chi connectivity index (χ1n) is 8.90. The van der Waals surface area contributed by atoms with Crippen LogP contribution in [0.25, 0.3) is 5.76 Å². The molecule has 1 aromatic heterocycles. The Kier molecular flexibility index (Phi) is 6.06. The number of amides is 1. The summed E-state index contributed by atoms with van der Waals surface area (Å²) in [4.78, 5) is 31.1. The van der Waals surface area contributed by atoms with Crippen LogP contribution in [0, 0.1) is 0 Å². The van der Waals surface area contributed by atoms with Gasteiger partial charge in [-0.15, -0.1) is 0 Å². The summed E-state index contributed by atoms with van der Waals surface area (Å²) in [5.41, 5.74) is 1.11. The van der Waals surface area contributed by atoms with E-state index in [0.717, 1.165) is 0 Å². The van der Waals surface area contributed by atoms with Crippen molar-refractivity contribution in [3.63, 3.8) is 0 Å². The number of Topliss-reactive ketones (excluding diaryl/α,β-unsaturated/α-hetero) is 1. The van der Waals surface area contributed by atoms with E-state index in [4.69, 9.17) is 9.47 Å². The van der Waals surface area contributed by atoms with E-state index in [0.29, 0.717) is 36.4 Å². The number of carbonyl (C=O) groups excluding carboxylic acids is 2. The highest BCUT2D eigenvalue weighted by Crippen LogP contribution is 2.39. The maximum atomic E-state index is 12.8. The minimum Gasteiger partial charge on any atom is -0.507 e. The second-order valence-corrected chi connectivity index (χ2v) is 6.36. The Morgan fingerprint density at radius 2 is 2.04 bits per heavy atom. The smallest absolute Gasteiger partial charge is 0.295 e. The van der Waals surface area contributed by atoms with E-state index in [1.165, 1.54) is 12.0 Å².